The fourth-order valence-corrected chi connectivity index (χ4v) is 4.19. The van der Waals surface area contributed by atoms with Gasteiger partial charge in [-0.3, -0.25) is 4.99 Å². The maximum absolute atomic E-state index is 6.13. The quantitative estimate of drug-likeness (QED) is 0.430. The van der Waals surface area contributed by atoms with Gasteiger partial charge in [0, 0.05) is 56.5 Å². The number of nitrogens with one attached hydrogen (secondary N) is 2. The molecule has 6 nitrogen and oxygen atoms in total. The van der Waals surface area contributed by atoms with Crippen LogP contribution in [-0.2, 0) is 0 Å². The van der Waals surface area contributed by atoms with E-state index in [1.165, 1.54) is 38.3 Å². The number of halogens is 1. The molecule has 2 fully saturated rings. The van der Waals surface area contributed by atoms with E-state index in [2.05, 4.69) is 43.4 Å². The fraction of sp³-hybridized carbons (Fsp3) is 0.667. The first kappa shape index (κ1) is 21.2. The maximum atomic E-state index is 6.13. The normalized spacial score (nSPS) is 22.3. The molecule has 1 aromatic rings. The van der Waals surface area contributed by atoms with Crippen molar-refractivity contribution in [2.24, 2.45) is 4.99 Å². The minimum Gasteiger partial charge on any atom is -0.369 e. The van der Waals surface area contributed by atoms with Crippen LogP contribution in [0.25, 0.3) is 0 Å². The Morgan fingerprint density at radius 3 is 2.93 bits per heavy atom. The summed E-state index contributed by atoms with van der Waals surface area (Å²) in [5.41, 5.74) is 1.20. The van der Waals surface area contributed by atoms with Crippen LogP contribution >= 0.6 is 11.6 Å². The van der Waals surface area contributed by atoms with E-state index in [1.807, 2.05) is 25.2 Å². The summed E-state index contributed by atoms with van der Waals surface area (Å²) in [6, 6.07) is 8.51. The van der Waals surface area contributed by atoms with Gasteiger partial charge in [0.25, 0.3) is 0 Å². The van der Waals surface area contributed by atoms with Crippen LogP contribution in [0, 0.1) is 0 Å². The van der Waals surface area contributed by atoms with Crippen molar-refractivity contribution in [2.75, 3.05) is 71.4 Å². The molecule has 28 heavy (non-hydrogen) atoms. The number of anilines is 1. The van der Waals surface area contributed by atoms with Crippen molar-refractivity contribution < 1.29 is 0 Å². The molecule has 0 aromatic heterocycles. The Morgan fingerprint density at radius 1 is 1.21 bits per heavy atom. The lowest BCUT2D eigenvalue weighted by atomic mass is 10.2. The van der Waals surface area contributed by atoms with Crippen LogP contribution in [0.2, 0.25) is 5.02 Å². The molecular weight excluding hydrogens is 372 g/mol. The van der Waals surface area contributed by atoms with Gasteiger partial charge in [0.2, 0.25) is 0 Å². The molecule has 0 saturated carbocycles. The second kappa shape index (κ2) is 10.9. The monoisotopic (exact) mass is 406 g/mol. The first-order chi connectivity index (χ1) is 13.6. The molecule has 2 saturated heterocycles. The number of nitrogens with zero attached hydrogens (tertiary/aromatic N) is 4. The van der Waals surface area contributed by atoms with Crippen LogP contribution in [0.3, 0.4) is 0 Å². The minimum atomic E-state index is 0.409. The summed E-state index contributed by atoms with van der Waals surface area (Å²) in [5.74, 6) is 0.911. The van der Waals surface area contributed by atoms with Gasteiger partial charge >= 0.3 is 0 Å². The molecule has 1 aromatic carbocycles. The van der Waals surface area contributed by atoms with Crippen molar-refractivity contribution in [3.8, 4) is 0 Å². The van der Waals surface area contributed by atoms with E-state index >= 15 is 0 Å². The van der Waals surface area contributed by atoms with Gasteiger partial charge < -0.3 is 25.3 Å². The van der Waals surface area contributed by atoms with Crippen LogP contribution in [0.4, 0.5) is 5.69 Å². The number of hydrogen-bond acceptors (Lipinski definition) is 4. The zero-order valence-corrected chi connectivity index (χ0v) is 18.1. The third-order valence-corrected chi connectivity index (χ3v) is 5.92. The molecule has 7 heteroatoms. The Balaban J connectivity index is 1.36. The smallest absolute Gasteiger partial charge is 0.191 e. The Hall–Kier alpha value is -1.50. The lowest BCUT2D eigenvalue weighted by Gasteiger charge is -2.22. The van der Waals surface area contributed by atoms with E-state index in [0.717, 1.165) is 50.0 Å². The predicted octanol–water partition coefficient (Wildman–Crippen LogP) is 2.11. The van der Waals surface area contributed by atoms with Crippen molar-refractivity contribution in [3.63, 3.8) is 0 Å². The molecule has 2 aliphatic heterocycles. The topological polar surface area (TPSA) is 46.1 Å². The van der Waals surface area contributed by atoms with Crippen molar-refractivity contribution >= 4 is 23.2 Å². The maximum Gasteiger partial charge on any atom is 0.191 e. The first-order valence-corrected chi connectivity index (χ1v) is 10.9. The number of hydrogen-bond donors (Lipinski definition) is 2. The number of aliphatic imine (C=N–C) groups is 1. The molecule has 3 rings (SSSR count). The highest BCUT2D eigenvalue weighted by molar-refractivity contribution is 6.30. The molecule has 2 heterocycles. The average molecular weight is 407 g/mol. The molecule has 0 amide bonds. The van der Waals surface area contributed by atoms with Crippen molar-refractivity contribution in [2.45, 2.75) is 25.3 Å². The van der Waals surface area contributed by atoms with Gasteiger partial charge in [-0.1, -0.05) is 17.7 Å². The Morgan fingerprint density at radius 2 is 2.11 bits per heavy atom. The largest absolute Gasteiger partial charge is 0.369 e. The van der Waals surface area contributed by atoms with Crippen LogP contribution in [0.15, 0.2) is 29.3 Å². The highest BCUT2D eigenvalue weighted by atomic mass is 35.5. The molecule has 1 unspecified atom stereocenters. The number of benzene rings is 1. The average Bonchev–Trinajstić information content (AvgIpc) is 3.06. The Kier molecular flexibility index (Phi) is 8.25. The first-order valence-electron chi connectivity index (χ1n) is 10.5. The number of likely N-dealkylation sites (N-methyl/N-ethyl adjacent to an activating group) is 1. The van der Waals surface area contributed by atoms with Crippen molar-refractivity contribution in [1.29, 1.82) is 0 Å². The molecule has 0 aliphatic carbocycles. The van der Waals surface area contributed by atoms with Gasteiger partial charge in [-0.25, -0.2) is 0 Å². The Labute approximate surface area is 174 Å². The predicted molar refractivity (Wildman–Crippen MR) is 120 cm³/mol. The highest BCUT2D eigenvalue weighted by Gasteiger charge is 2.23. The van der Waals surface area contributed by atoms with Crippen LogP contribution in [0.1, 0.15) is 19.3 Å². The molecule has 156 valence electrons. The van der Waals surface area contributed by atoms with Gasteiger partial charge in [-0.2, -0.15) is 0 Å². The van der Waals surface area contributed by atoms with Crippen molar-refractivity contribution in [3.05, 3.63) is 29.3 Å². The Bertz CT molecular complexity index is 637. The van der Waals surface area contributed by atoms with E-state index < -0.39 is 0 Å². The van der Waals surface area contributed by atoms with E-state index in [0.29, 0.717) is 6.04 Å². The van der Waals surface area contributed by atoms with Crippen LogP contribution in [-0.4, -0.2) is 88.3 Å². The SMILES string of the molecule is CN=C(NCCCN1CCCN(C)CC1)NC1CCN(c2cccc(Cl)c2)C1. The third kappa shape index (κ3) is 6.54. The summed E-state index contributed by atoms with van der Waals surface area (Å²) >= 11 is 6.13. The fourth-order valence-electron chi connectivity index (χ4n) is 4.01. The molecule has 2 N–H and O–H groups in total. The summed E-state index contributed by atoms with van der Waals surface area (Å²) in [6.45, 7) is 8.94. The lowest BCUT2D eigenvalue weighted by molar-refractivity contribution is 0.274. The van der Waals surface area contributed by atoms with E-state index in [-0.39, 0.29) is 0 Å². The van der Waals surface area contributed by atoms with Crippen LogP contribution in [0.5, 0.6) is 0 Å². The molecule has 2 aliphatic rings. The van der Waals surface area contributed by atoms with E-state index in [9.17, 15) is 0 Å². The third-order valence-electron chi connectivity index (χ3n) is 5.68. The van der Waals surface area contributed by atoms with Crippen LogP contribution < -0.4 is 15.5 Å². The van der Waals surface area contributed by atoms with Gasteiger partial charge in [-0.15, -0.1) is 0 Å². The summed E-state index contributed by atoms with van der Waals surface area (Å²) in [7, 11) is 4.07. The second-order valence-electron chi connectivity index (χ2n) is 7.91. The van der Waals surface area contributed by atoms with Gasteiger partial charge in [0.15, 0.2) is 5.96 Å². The van der Waals surface area contributed by atoms with E-state index in [1.54, 1.807) is 0 Å². The van der Waals surface area contributed by atoms with E-state index in [4.69, 9.17) is 11.6 Å². The summed E-state index contributed by atoms with van der Waals surface area (Å²) < 4.78 is 0. The zero-order valence-electron chi connectivity index (χ0n) is 17.3. The molecular formula is C21H35ClN6. The molecule has 0 bridgehead atoms. The highest BCUT2D eigenvalue weighted by Crippen LogP contribution is 2.23. The lowest BCUT2D eigenvalue weighted by Crippen LogP contribution is -2.45. The second-order valence-corrected chi connectivity index (χ2v) is 8.34. The summed E-state index contributed by atoms with van der Waals surface area (Å²) in [5, 5.41) is 7.86. The number of rotatable bonds is 6. The standard InChI is InChI=1S/C21H35ClN6/c1-23-21(24-9-4-11-27-12-5-10-26(2)14-15-27)25-19-8-13-28(17-19)20-7-3-6-18(22)16-20/h3,6-7,16,19H,4-5,8-15,17H2,1-2H3,(H2,23,24,25). The minimum absolute atomic E-state index is 0.409. The number of guanidine groups is 1. The van der Waals surface area contributed by atoms with Gasteiger partial charge in [0.1, 0.15) is 0 Å². The van der Waals surface area contributed by atoms with Gasteiger partial charge in [-0.05, 0) is 64.1 Å². The van der Waals surface area contributed by atoms with Crippen molar-refractivity contribution in [1.82, 2.24) is 20.4 Å². The summed E-state index contributed by atoms with van der Waals surface area (Å²) in [6.07, 6.45) is 3.52. The molecule has 0 spiro atoms. The molecule has 1 atom stereocenters. The van der Waals surface area contributed by atoms with Gasteiger partial charge in [0.05, 0.1) is 0 Å². The zero-order chi connectivity index (χ0) is 19.8. The molecule has 0 radical (unpaired) electrons. The summed E-state index contributed by atoms with van der Waals surface area (Å²) in [4.78, 5) is 11.8.